The third kappa shape index (κ3) is 4.92. The minimum atomic E-state index is -1.53. The molecule has 0 bridgehead atoms. The van der Waals surface area contributed by atoms with Crippen molar-refractivity contribution < 1.29 is 13.9 Å². The van der Waals surface area contributed by atoms with Crippen molar-refractivity contribution in [3.8, 4) is 10.8 Å². The number of aryl methyl sites for hydroxylation is 4. The van der Waals surface area contributed by atoms with E-state index in [2.05, 4.69) is 24.0 Å². The van der Waals surface area contributed by atoms with E-state index in [1.807, 2.05) is 19.1 Å². The third-order valence-electron chi connectivity index (χ3n) is 6.40. The molecule has 3 heterocycles. The van der Waals surface area contributed by atoms with E-state index < -0.39 is 28.4 Å². The lowest BCUT2D eigenvalue weighted by Gasteiger charge is -2.30. The number of hydrogen-bond acceptors (Lipinski definition) is 7. The molecule has 0 aliphatic carbocycles. The van der Waals surface area contributed by atoms with Gasteiger partial charge in [-0.1, -0.05) is 31.2 Å². The minimum Gasteiger partial charge on any atom is -0.458 e. The summed E-state index contributed by atoms with van der Waals surface area (Å²) < 4.78 is 13.8. The monoisotopic (exact) mass is 523 g/mol. The van der Waals surface area contributed by atoms with Gasteiger partial charge in [-0.25, -0.2) is 19.1 Å². The van der Waals surface area contributed by atoms with Gasteiger partial charge < -0.3 is 9.15 Å². The molecule has 0 amide bonds. The average molecular weight is 524 g/mol. The highest BCUT2D eigenvalue weighted by Gasteiger charge is 2.38. The first-order valence-corrected chi connectivity index (χ1v) is 13.2. The lowest BCUT2D eigenvalue weighted by molar-refractivity contribution is -0.164. The van der Waals surface area contributed by atoms with Crippen LogP contribution in [0.3, 0.4) is 0 Å². The van der Waals surface area contributed by atoms with Gasteiger partial charge in [0.05, 0.1) is 16.5 Å². The van der Waals surface area contributed by atoms with E-state index in [-0.39, 0.29) is 0 Å². The number of carbonyl (C=O) groups is 1. The van der Waals surface area contributed by atoms with Crippen molar-refractivity contribution in [3.63, 3.8) is 0 Å². The molecule has 0 aliphatic rings. The number of nitrogens with zero attached hydrogens (tertiary/aromatic N) is 3. The number of rotatable bonds is 7. The number of oxazole rings is 1. The molecule has 0 saturated carbocycles. The van der Waals surface area contributed by atoms with Crippen LogP contribution in [0.25, 0.3) is 21.0 Å². The Labute approximate surface area is 219 Å². The summed E-state index contributed by atoms with van der Waals surface area (Å²) in [6.45, 7) is 12.6. The van der Waals surface area contributed by atoms with E-state index >= 15 is 0 Å². The zero-order chi connectivity index (χ0) is 27.1. The molecule has 37 heavy (non-hydrogen) atoms. The Morgan fingerprint density at radius 3 is 2.38 bits per heavy atom. The number of fused-ring (bicyclic) bond motifs is 1. The summed E-state index contributed by atoms with van der Waals surface area (Å²) in [5.74, 6) is -0.270. The highest BCUT2D eigenvalue weighted by Crippen LogP contribution is 2.36. The second-order valence-corrected chi connectivity index (χ2v) is 11.6. The Kier molecular flexibility index (Phi) is 7.03. The van der Waals surface area contributed by atoms with E-state index in [9.17, 15) is 14.4 Å². The predicted octanol–water partition coefficient (Wildman–Crippen LogP) is 5.07. The van der Waals surface area contributed by atoms with E-state index in [4.69, 9.17) is 9.15 Å². The van der Waals surface area contributed by atoms with Crippen LogP contribution in [0.2, 0.25) is 0 Å². The minimum absolute atomic E-state index is 0.335. The Hall–Kier alpha value is -3.46. The Morgan fingerprint density at radius 2 is 1.78 bits per heavy atom. The van der Waals surface area contributed by atoms with Crippen LogP contribution < -0.4 is 11.2 Å². The van der Waals surface area contributed by atoms with Crippen molar-refractivity contribution in [2.24, 2.45) is 0 Å². The van der Waals surface area contributed by atoms with Crippen LogP contribution in [0.1, 0.15) is 58.2 Å². The van der Waals surface area contributed by atoms with Gasteiger partial charge in [-0.2, -0.15) is 0 Å². The van der Waals surface area contributed by atoms with Crippen LogP contribution in [0, 0.1) is 6.92 Å². The van der Waals surface area contributed by atoms with Crippen molar-refractivity contribution in [1.82, 2.24) is 14.1 Å². The van der Waals surface area contributed by atoms with E-state index in [1.54, 1.807) is 39.2 Å². The maximum absolute atomic E-state index is 14.0. The van der Waals surface area contributed by atoms with Crippen LogP contribution in [0.15, 0.2) is 50.7 Å². The molecule has 9 heteroatoms. The number of ether oxygens (including phenoxy) is 1. The summed E-state index contributed by atoms with van der Waals surface area (Å²) in [4.78, 5) is 46.6. The molecule has 4 aromatic rings. The normalized spacial score (nSPS) is 12.3. The maximum atomic E-state index is 14.0. The first-order valence-electron chi connectivity index (χ1n) is 12.4. The molecule has 0 aliphatic heterocycles. The van der Waals surface area contributed by atoms with Crippen molar-refractivity contribution >= 4 is 27.5 Å². The summed E-state index contributed by atoms with van der Waals surface area (Å²) in [6.07, 6.45) is 4.48. The molecule has 8 nitrogen and oxygen atoms in total. The summed E-state index contributed by atoms with van der Waals surface area (Å²) in [5, 5.41) is 0.373. The quantitative estimate of drug-likeness (QED) is 0.314. The van der Waals surface area contributed by atoms with Crippen molar-refractivity contribution in [2.45, 2.75) is 79.0 Å². The molecular weight excluding hydrogens is 490 g/mol. The topological polar surface area (TPSA) is 96.3 Å². The van der Waals surface area contributed by atoms with Crippen LogP contribution in [0.4, 0.5) is 0 Å². The molecule has 0 radical (unpaired) electrons. The van der Waals surface area contributed by atoms with Crippen molar-refractivity contribution in [1.29, 1.82) is 0 Å². The Morgan fingerprint density at radius 1 is 1.11 bits per heavy atom. The van der Waals surface area contributed by atoms with Gasteiger partial charge in [-0.3, -0.25) is 9.36 Å². The van der Waals surface area contributed by atoms with Gasteiger partial charge in [-0.15, -0.1) is 11.3 Å². The number of esters is 1. The number of aromatic nitrogens is 3. The molecule has 0 unspecified atom stereocenters. The molecule has 0 saturated heterocycles. The average Bonchev–Trinajstić information content (AvgIpc) is 3.46. The van der Waals surface area contributed by atoms with Gasteiger partial charge in [0.1, 0.15) is 22.2 Å². The zero-order valence-electron chi connectivity index (χ0n) is 22.4. The number of thiophene rings is 1. The molecule has 0 spiro atoms. The summed E-state index contributed by atoms with van der Waals surface area (Å²) >= 11 is 1.30. The molecule has 4 rings (SSSR count). The largest absolute Gasteiger partial charge is 0.458 e. The molecule has 0 fully saturated rings. The van der Waals surface area contributed by atoms with Crippen LogP contribution in [-0.2, 0) is 34.5 Å². The first-order chi connectivity index (χ1) is 17.4. The van der Waals surface area contributed by atoms with E-state index in [0.29, 0.717) is 39.5 Å². The lowest BCUT2D eigenvalue weighted by Crippen LogP contribution is -2.54. The number of benzene rings is 1. The smallest absolute Gasteiger partial charge is 0.333 e. The summed E-state index contributed by atoms with van der Waals surface area (Å²) in [5.41, 5.74) is -0.399. The lowest BCUT2D eigenvalue weighted by atomic mass is 10.0. The molecule has 196 valence electrons. The molecule has 0 N–H and O–H groups in total. The van der Waals surface area contributed by atoms with Gasteiger partial charge >= 0.3 is 11.7 Å². The van der Waals surface area contributed by atoms with Gasteiger partial charge in [0.25, 0.3) is 5.56 Å². The Bertz CT molecular complexity index is 1570. The van der Waals surface area contributed by atoms with Gasteiger partial charge in [0.15, 0.2) is 0 Å². The van der Waals surface area contributed by atoms with E-state index in [0.717, 1.165) is 16.6 Å². The zero-order valence-corrected chi connectivity index (χ0v) is 23.2. The van der Waals surface area contributed by atoms with Gasteiger partial charge in [0, 0.05) is 6.54 Å². The van der Waals surface area contributed by atoms with Crippen LogP contribution >= 0.6 is 11.3 Å². The van der Waals surface area contributed by atoms with Crippen molar-refractivity contribution in [2.75, 3.05) is 0 Å². The molecular formula is C28H33N3O5S. The SMILES string of the molecule is CCc1ccccc1CCn1c(=O)n(C(C)(C)C(=O)OC(C)(C)C)c(=O)c2c(C)c(-c3ncco3)sc21. The van der Waals surface area contributed by atoms with E-state index in [1.165, 1.54) is 29.4 Å². The standard InChI is InChI=1S/C28H33N3O5S/c1-8-18-11-9-10-12-19(18)13-15-30-24-20(17(2)21(37-24)22-29-14-16-35-22)23(32)31(26(30)34)28(6,7)25(33)36-27(3,4)5/h9-12,14,16H,8,13,15H2,1-7H3. The second kappa shape index (κ2) is 9.78. The number of carbonyl (C=O) groups excluding carboxylic acids is 1. The maximum Gasteiger partial charge on any atom is 0.333 e. The molecule has 1 aromatic carbocycles. The van der Waals surface area contributed by atoms with Gasteiger partial charge in [0.2, 0.25) is 5.89 Å². The fraction of sp³-hybridized carbons (Fsp3) is 0.429. The van der Waals surface area contributed by atoms with Crippen LogP contribution in [-0.4, -0.2) is 25.7 Å². The number of hydrogen-bond donors (Lipinski definition) is 0. The fourth-order valence-corrected chi connectivity index (χ4v) is 5.71. The second-order valence-electron chi connectivity index (χ2n) is 10.6. The molecule has 3 aromatic heterocycles. The van der Waals surface area contributed by atoms with Crippen molar-refractivity contribution in [3.05, 3.63) is 74.3 Å². The fourth-order valence-electron chi connectivity index (χ4n) is 4.45. The van der Waals surface area contributed by atoms with Gasteiger partial charge in [-0.05, 0) is 71.1 Å². The summed E-state index contributed by atoms with van der Waals surface area (Å²) in [6, 6.07) is 8.12. The first kappa shape index (κ1) is 26.6. The highest BCUT2D eigenvalue weighted by molar-refractivity contribution is 7.22. The van der Waals surface area contributed by atoms with Crippen LogP contribution in [0.5, 0.6) is 0 Å². The Balaban J connectivity index is 1.96. The highest BCUT2D eigenvalue weighted by atomic mass is 32.1. The summed E-state index contributed by atoms with van der Waals surface area (Å²) in [7, 11) is 0. The molecule has 0 atom stereocenters. The predicted molar refractivity (Wildman–Crippen MR) is 145 cm³/mol. The third-order valence-corrected chi connectivity index (χ3v) is 7.70.